The first kappa shape index (κ1) is 21.2. The van der Waals surface area contributed by atoms with E-state index in [1.807, 2.05) is 0 Å². The van der Waals surface area contributed by atoms with Crippen molar-refractivity contribution in [3.05, 3.63) is 29.8 Å². The fourth-order valence-electron chi connectivity index (χ4n) is 1.77. The Balaban J connectivity index is 2.81. The molecule has 142 valence electrons. The van der Waals surface area contributed by atoms with E-state index in [9.17, 15) is 26.4 Å². The van der Waals surface area contributed by atoms with Gasteiger partial charge in [0.1, 0.15) is 17.4 Å². The Morgan fingerprint density at radius 1 is 1.16 bits per heavy atom. The van der Waals surface area contributed by atoms with Crippen LogP contribution in [0, 0.1) is 0 Å². The zero-order chi connectivity index (χ0) is 19.5. The Kier molecular flexibility index (Phi) is 6.46. The van der Waals surface area contributed by atoms with Gasteiger partial charge in [0.25, 0.3) is 0 Å². The van der Waals surface area contributed by atoms with E-state index in [1.165, 1.54) is 12.1 Å². The first-order valence-electron chi connectivity index (χ1n) is 7.25. The molecule has 0 aliphatic heterocycles. The van der Waals surface area contributed by atoms with Crippen molar-refractivity contribution in [2.75, 3.05) is 7.05 Å². The molecule has 0 aromatic heterocycles. The third-order valence-corrected chi connectivity index (χ3v) is 3.87. The minimum atomic E-state index is -5.71. The van der Waals surface area contributed by atoms with Crippen LogP contribution in [0.4, 0.5) is 13.2 Å². The van der Waals surface area contributed by atoms with Gasteiger partial charge in [0, 0.05) is 0 Å². The third kappa shape index (κ3) is 6.54. The van der Waals surface area contributed by atoms with E-state index in [-0.39, 0.29) is 6.42 Å². The number of carbonyl (C=O) groups excluding carboxylic acids is 1. The van der Waals surface area contributed by atoms with Crippen LogP contribution in [0.5, 0.6) is 5.75 Å². The standard InChI is InChI=1S/C15H20F3NO5S/c1-14(2,3)23-13(20)12(19-4)9-10-5-7-11(8-6-10)24-25(21,22)15(16,17)18/h5-8,12,19H,9H2,1-4H3. The molecule has 0 aliphatic carbocycles. The molecule has 1 aromatic carbocycles. The van der Waals surface area contributed by atoms with Crippen molar-refractivity contribution in [2.24, 2.45) is 0 Å². The van der Waals surface area contributed by atoms with Gasteiger partial charge in [-0.3, -0.25) is 4.79 Å². The predicted molar refractivity (Wildman–Crippen MR) is 84.4 cm³/mol. The number of likely N-dealkylation sites (N-methyl/N-ethyl adjacent to an activating group) is 1. The quantitative estimate of drug-likeness (QED) is 0.462. The average Bonchev–Trinajstić information content (AvgIpc) is 2.43. The maximum atomic E-state index is 12.3. The van der Waals surface area contributed by atoms with Gasteiger partial charge in [-0.25, -0.2) is 0 Å². The van der Waals surface area contributed by atoms with Crippen LogP contribution in [0.25, 0.3) is 0 Å². The lowest BCUT2D eigenvalue weighted by Gasteiger charge is -2.23. The number of esters is 1. The molecule has 10 heteroatoms. The predicted octanol–water partition coefficient (Wildman–Crippen LogP) is 2.39. The first-order valence-corrected chi connectivity index (χ1v) is 8.66. The van der Waals surface area contributed by atoms with Crippen LogP contribution in [0.2, 0.25) is 0 Å². The van der Waals surface area contributed by atoms with Crippen LogP contribution in [-0.2, 0) is 26.1 Å². The summed E-state index contributed by atoms with van der Waals surface area (Å²) in [6, 6.07) is 4.25. The average molecular weight is 383 g/mol. The third-order valence-electron chi connectivity index (χ3n) is 2.89. The number of nitrogens with one attached hydrogen (secondary N) is 1. The first-order chi connectivity index (χ1) is 11.2. The van der Waals surface area contributed by atoms with Gasteiger partial charge in [0.05, 0.1) is 0 Å². The molecule has 1 N–H and O–H groups in total. The van der Waals surface area contributed by atoms with Crippen LogP contribution < -0.4 is 9.50 Å². The van der Waals surface area contributed by atoms with E-state index >= 15 is 0 Å². The van der Waals surface area contributed by atoms with Crippen molar-refractivity contribution >= 4 is 16.1 Å². The zero-order valence-electron chi connectivity index (χ0n) is 14.2. The van der Waals surface area contributed by atoms with Crippen LogP contribution in [0.1, 0.15) is 26.3 Å². The van der Waals surface area contributed by atoms with Crippen LogP contribution in [0.3, 0.4) is 0 Å². The summed E-state index contributed by atoms with van der Waals surface area (Å²) in [6.45, 7) is 5.18. The van der Waals surface area contributed by atoms with Crippen LogP contribution in [-0.4, -0.2) is 38.6 Å². The fraction of sp³-hybridized carbons (Fsp3) is 0.533. The summed E-state index contributed by atoms with van der Waals surface area (Å²) in [4.78, 5) is 12.0. The van der Waals surface area contributed by atoms with Crippen LogP contribution >= 0.6 is 0 Å². The van der Waals surface area contributed by atoms with Gasteiger partial charge < -0.3 is 14.2 Å². The summed E-state index contributed by atoms with van der Waals surface area (Å²) < 4.78 is 67.9. The normalized spacial score (nSPS) is 14.0. The number of benzene rings is 1. The van der Waals surface area contributed by atoms with E-state index in [4.69, 9.17) is 4.74 Å². The molecular weight excluding hydrogens is 363 g/mol. The van der Waals surface area contributed by atoms with Gasteiger partial charge >= 0.3 is 21.6 Å². The molecule has 1 rings (SSSR count). The largest absolute Gasteiger partial charge is 0.534 e. The van der Waals surface area contributed by atoms with E-state index in [2.05, 4.69) is 9.50 Å². The summed E-state index contributed by atoms with van der Waals surface area (Å²) in [6.07, 6.45) is 0.206. The molecule has 25 heavy (non-hydrogen) atoms. The fourth-order valence-corrected chi connectivity index (χ4v) is 2.23. The second-order valence-corrected chi connectivity index (χ2v) is 7.74. The number of rotatable bonds is 6. The molecular formula is C15H20F3NO5S. The van der Waals surface area contributed by atoms with Gasteiger partial charge in [-0.15, -0.1) is 0 Å². The highest BCUT2D eigenvalue weighted by molar-refractivity contribution is 7.88. The summed E-state index contributed by atoms with van der Waals surface area (Å²) in [7, 11) is -4.14. The highest BCUT2D eigenvalue weighted by Gasteiger charge is 2.48. The minimum absolute atomic E-state index is 0.206. The summed E-state index contributed by atoms with van der Waals surface area (Å²) in [5.74, 6) is -0.950. The maximum absolute atomic E-state index is 12.3. The van der Waals surface area contributed by atoms with Crippen molar-refractivity contribution in [1.29, 1.82) is 0 Å². The molecule has 1 unspecified atom stereocenters. The highest BCUT2D eigenvalue weighted by Crippen LogP contribution is 2.27. The molecule has 6 nitrogen and oxygen atoms in total. The van der Waals surface area contributed by atoms with Crippen molar-refractivity contribution in [3.63, 3.8) is 0 Å². The number of hydrogen-bond acceptors (Lipinski definition) is 6. The lowest BCUT2D eigenvalue weighted by Crippen LogP contribution is -2.41. The van der Waals surface area contributed by atoms with Gasteiger partial charge in [0.2, 0.25) is 0 Å². The van der Waals surface area contributed by atoms with Gasteiger partial charge in [-0.2, -0.15) is 21.6 Å². The van der Waals surface area contributed by atoms with E-state index in [0.717, 1.165) is 12.1 Å². The molecule has 0 amide bonds. The van der Waals surface area contributed by atoms with Crippen molar-refractivity contribution in [3.8, 4) is 5.75 Å². The van der Waals surface area contributed by atoms with Crippen molar-refractivity contribution in [1.82, 2.24) is 5.32 Å². The highest BCUT2D eigenvalue weighted by atomic mass is 32.2. The number of carbonyl (C=O) groups is 1. The summed E-state index contributed by atoms with van der Waals surface area (Å²) in [5, 5.41) is 2.80. The smallest absolute Gasteiger partial charge is 0.459 e. The Bertz CT molecular complexity index is 693. The van der Waals surface area contributed by atoms with E-state index < -0.39 is 39.0 Å². The topological polar surface area (TPSA) is 81.7 Å². The summed E-state index contributed by atoms with van der Waals surface area (Å²) in [5.41, 5.74) is -5.57. The molecule has 0 radical (unpaired) electrons. The second kappa shape index (κ2) is 7.61. The minimum Gasteiger partial charge on any atom is -0.459 e. The molecule has 0 saturated heterocycles. The Hall–Kier alpha value is -1.81. The van der Waals surface area contributed by atoms with Crippen LogP contribution in [0.15, 0.2) is 24.3 Å². The van der Waals surface area contributed by atoms with Gasteiger partial charge in [-0.1, -0.05) is 12.1 Å². The molecule has 0 saturated carbocycles. The van der Waals surface area contributed by atoms with Crippen molar-refractivity contribution in [2.45, 2.75) is 44.3 Å². The zero-order valence-corrected chi connectivity index (χ0v) is 15.0. The van der Waals surface area contributed by atoms with Crippen molar-refractivity contribution < 1.29 is 35.3 Å². The van der Waals surface area contributed by atoms with E-state index in [1.54, 1.807) is 27.8 Å². The number of halogens is 3. The molecule has 0 spiro atoms. The summed E-state index contributed by atoms with van der Waals surface area (Å²) >= 11 is 0. The van der Waals surface area contributed by atoms with Gasteiger partial charge in [0.15, 0.2) is 0 Å². The molecule has 1 atom stereocenters. The maximum Gasteiger partial charge on any atom is 0.534 e. The Morgan fingerprint density at radius 3 is 2.08 bits per heavy atom. The Labute approximate surface area is 144 Å². The second-order valence-electron chi connectivity index (χ2n) is 6.21. The van der Waals surface area contributed by atoms with Gasteiger partial charge in [-0.05, 0) is 51.9 Å². The monoisotopic (exact) mass is 383 g/mol. The molecule has 0 fully saturated rings. The number of alkyl halides is 3. The molecule has 0 bridgehead atoms. The molecule has 1 aromatic rings. The number of ether oxygens (including phenoxy) is 1. The Morgan fingerprint density at radius 2 is 1.68 bits per heavy atom. The molecule has 0 aliphatic rings. The van der Waals surface area contributed by atoms with E-state index in [0.29, 0.717) is 5.56 Å². The SMILES string of the molecule is CNC(Cc1ccc(OS(=O)(=O)C(F)(F)F)cc1)C(=O)OC(C)(C)C. The lowest BCUT2D eigenvalue weighted by molar-refractivity contribution is -0.157. The molecule has 0 heterocycles. The lowest BCUT2D eigenvalue weighted by atomic mass is 10.1. The number of hydrogen-bond donors (Lipinski definition) is 1.